The summed E-state index contributed by atoms with van der Waals surface area (Å²) in [5, 5.41) is 0.792. The molecule has 1 aromatic rings. The topological polar surface area (TPSA) is 12.9 Å². The van der Waals surface area contributed by atoms with Crippen LogP contribution in [0, 0.1) is 0 Å². The highest BCUT2D eigenvalue weighted by molar-refractivity contribution is 7.58. The average molecular weight is 476 g/mol. The van der Waals surface area contributed by atoms with Crippen LogP contribution in [-0.2, 0) is 12.3 Å². The van der Waals surface area contributed by atoms with Gasteiger partial charge in [0.1, 0.15) is 0 Å². The quantitative estimate of drug-likeness (QED) is 0.269. The largest absolute Gasteiger partial charge is 0.257 e. The van der Waals surface area contributed by atoms with Crippen molar-refractivity contribution in [3.63, 3.8) is 0 Å². The summed E-state index contributed by atoms with van der Waals surface area (Å²) in [6.45, 7) is 14.7. The van der Waals surface area contributed by atoms with E-state index in [1.165, 1.54) is 100 Å². The minimum absolute atomic E-state index is 0.0310. The van der Waals surface area contributed by atoms with E-state index < -0.39 is 0 Å². The highest BCUT2D eigenvalue weighted by Gasteiger charge is 2.26. The van der Waals surface area contributed by atoms with Crippen LogP contribution in [0.2, 0.25) is 0 Å². The van der Waals surface area contributed by atoms with E-state index in [4.69, 9.17) is 4.98 Å². The fourth-order valence-corrected chi connectivity index (χ4v) is 9.30. The fraction of sp³-hybridized carbons (Fsp3) is 0.759. The van der Waals surface area contributed by atoms with Gasteiger partial charge in [-0.1, -0.05) is 114 Å². The number of fused-ring (bicyclic) bond motifs is 2. The summed E-state index contributed by atoms with van der Waals surface area (Å²) in [4.78, 5) is 5.22. The van der Waals surface area contributed by atoms with E-state index in [0.717, 1.165) is 0 Å². The average Bonchev–Trinajstić information content (AvgIpc) is 2.70. The normalized spacial score (nSPS) is 23.9. The SMILES string of the molecule is CC(C)(C)P1CCC=CCCCCCCCCCCP(C(C)(C)C)Cc2cccc(n2)C1. The van der Waals surface area contributed by atoms with Gasteiger partial charge in [-0.3, -0.25) is 4.98 Å². The van der Waals surface area contributed by atoms with Crippen LogP contribution in [0.3, 0.4) is 0 Å². The minimum Gasteiger partial charge on any atom is -0.257 e. The van der Waals surface area contributed by atoms with E-state index in [9.17, 15) is 0 Å². The van der Waals surface area contributed by atoms with Gasteiger partial charge in [0.25, 0.3) is 0 Å². The molecule has 0 aromatic carbocycles. The van der Waals surface area contributed by atoms with Crippen LogP contribution in [0.1, 0.15) is 117 Å². The predicted molar refractivity (Wildman–Crippen MR) is 150 cm³/mol. The van der Waals surface area contributed by atoms with Crippen LogP contribution in [-0.4, -0.2) is 27.6 Å². The molecule has 3 heteroatoms. The van der Waals surface area contributed by atoms with Crippen molar-refractivity contribution in [1.82, 2.24) is 4.98 Å². The van der Waals surface area contributed by atoms with Gasteiger partial charge in [0, 0.05) is 23.7 Å². The molecule has 0 amide bonds. The Labute approximate surface area is 203 Å². The Morgan fingerprint density at radius 1 is 0.594 bits per heavy atom. The predicted octanol–water partition coefficient (Wildman–Crippen LogP) is 10.1. The van der Waals surface area contributed by atoms with Crippen molar-refractivity contribution in [3.05, 3.63) is 41.7 Å². The molecule has 32 heavy (non-hydrogen) atoms. The Bertz CT molecular complexity index is 668. The van der Waals surface area contributed by atoms with E-state index in [0.29, 0.717) is 10.3 Å². The summed E-state index contributed by atoms with van der Waals surface area (Å²) in [6.07, 6.45) is 23.9. The number of aromatic nitrogens is 1. The number of pyridine rings is 1. The molecule has 0 aliphatic carbocycles. The van der Waals surface area contributed by atoms with Gasteiger partial charge in [-0.25, -0.2) is 0 Å². The Hall–Kier alpha value is -0.250. The summed E-state index contributed by atoms with van der Waals surface area (Å²) in [5.41, 5.74) is 2.68. The van der Waals surface area contributed by atoms with Gasteiger partial charge in [-0.15, -0.1) is 0 Å². The smallest absolute Gasteiger partial charge is 0.0450 e. The van der Waals surface area contributed by atoms with Gasteiger partial charge in [0.15, 0.2) is 0 Å². The third-order valence-electron chi connectivity index (χ3n) is 6.75. The first-order chi connectivity index (χ1) is 15.2. The van der Waals surface area contributed by atoms with Crippen LogP contribution >= 0.6 is 15.8 Å². The highest BCUT2D eigenvalue weighted by atomic mass is 31.1. The molecule has 1 aliphatic rings. The standard InChI is InChI=1S/C29H51NP2/c1-28(2,3)31-22-17-15-13-11-9-7-8-10-12-14-16-18-23-32(29(4,5)6)25-27-21-19-20-26(24-31)30-27/h13,15,19-21H,7-12,14,16-18,22-25H2,1-6H3. The molecule has 0 fully saturated rings. The third kappa shape index (κ3) is 11.3. The van der Waals surface area contributed by atoms with Gasteiger partial charge >= 0.3 is 0 Å². The van der Waals surface area contributed by atoms with Crippen molar-refractivity contribution >= 4 is 15.8 Å². The molecule has 0 saturated carbocycles. The molecule has 1 aliphatic heterocycles. The first kappa shape index (κ1) is 28.0. The zero-order chi connectivity index (χ0) is 23.5. The molecular formula is C29H51NP2. The molecule has 0 saturated heterocycles. The summed E-state index contributed by atoms with van der Waals surface area (Å²) in [7, 11) is -0.104. The van der Waals surface area contributed by atoms with E-state index in [2.05, 4.69) is 71.9 Å². The number of rotatable bonds is 0. The zero-order valence-corrected chi connectivity index (χ0v) is 23.9. The number of hydrogen-bond donors (Lipinski definition) is 0. The summed E-state index contributed by atoms with van der Waals surface area (Å²) >= 11 is 0. The van der Waals surface area contributed by atoms with Crippen LogP contribution in [0.4, 0.5) is 0 Å². The molecule has 182 valence electrons. The summed E-state index contributed by atoms with van der Waals surface area (Å²) in [6, 6.07) is 6.86. The van der Waals surface area contributed by atoms with Crippen molar-refractivity contribution in [2.45, 2.75) is 128 Å². The molecule has 0 radical (unpaired) electrons. The molecule has 2 rings (SSSR count). The molecule has 1 nitrogen and oxygen atoms in total. The van der Waals surface area contributed by atoms with Gasteiger partial charge in [0.05, 0.1) is 0 Å². The number of allylic oxidation sites excluding steroid dienone is 2. The van der Waals surface area contributed by atoms with Crippen LogP contribution in [0.5, 0.6) is 0 Å². The van der Waals surface area contributed by atoms with Crippen LogP contribution in [0.15, 0.2) is 30.4 Å². The van der Waals surface area contributed by atoms with Crippen molar-refractivity contribution in [2.75, 3.05) is 12.3 Å². The lowest BCUT2D eigenvalue weighted by atomic mass is 10.1. The van der Waals surface area contributed by atoms with Gasteiger partial charge < -0.3 is 0 Å². The van der Waals surface area contributed by atoms with Gasteiger partial charge in [-0.2, -0.15) is 0 Å². The Morgan fingerprint density at radius 3 is 1.62 bits per heavy atom. The van der Waals surface area contributed by atoms with Crippen molar-refractivity contribution in [2.24, 2.45) is 0 Å². The van der Waals surface area contributed by atoms with E-state index >= 15 is 0 Å². The third-order valence-corrected chi connectivity index (χ3v) is 13.6. The van der Waals surface area contributed by atoms with E-state index in [-0.39, 0.29) is 15.8 Å². The van der Waals surface area contributed by atoms with E-state index in [1.54, 1.807) is 0 Å². The maximum atomic E-state index is 5.22. The molecule has 1 aromatic heterocycles. The molecule has 2 bridgehead atoms. The second-order valence-electron chi connectivity index (χ2n) is 11.7. The van der Waals surface area contributed by atoms with Crippen LogP contribution in [0.25, 0.3) is 0 Å². The number of nitrogens with zero attached hydrogens (tertiary/aromatic N) is 1. The van der Waals surface area contributed by atoms with Crippen molar-refractivity contribution in [3.8, 4) is 0 Å². The monoisotopic (exact) mass is 475 g/mol. The Morgan fingerprint density at radius 2 is 1.06 bits per heavy atom. The molecule has 0 spiro atoms. The lowest BCUT2D eigenvalue weighted by Gasteiger charge is -2.32. The first-order valence-electron chi connectivity index (χ1n) is 13.3. The molecular weight excluding hydrogens is 424 g/mol. The lowest BCUT2D eigenvalue weighted by molar-refractivity contribution is 0.577. The second kappa shape index (κ2) is 14.2. The maximum absolute atomic E-state index is 5.22. The fourth-order valence-electron chi connectivity index (χ4n) is 4.49. The molecule has 2 unspecified atom stereocenters. The zero-order valence-electron chi connectivity index (χ0n) is 22.1. The Kier molecular flexibility index (Phi) is 12.4. The van der Waals surface area contributed by atoms with Crippen molar-refractivity contribution in [1.29, 1.82) is 0 Å². The van der Waals surface area contributed by atoms with Crippen LogP contribution < -0.4 is 0 Å². The minimum atomic E-state index is -0.0731. The molecule has 0 N–H and O–H groups in total. The van der Waals surface area contributed by atoms with E-state index in [1.807, 2.05) is 0 Å². The highest BCUT2D eigenvalue weighted by Crippen LogP contribution is 2.54. The molecule has 2 heterocycles. The van der Waals surface area contributed by atoms with Gasteiger partial charge in [0.2, 0.25) is 0 Å². The first-order valence-corrected chi connectivity index (χ1v) is 16.7. The van der Waals surface area contributed by atoms with Crippen molar-refractivity contribution < 1.29 is 0 Å². The summed E-state index contributed by atoms with van der Waals surface area (Å²) in [5.74, 6) is 0. The summed E-state index contributed by atoms with van der Waals surface area (Å²) < 4.78 is 0. The second-order valence-corrected chi connectivity index (χ2v) is 18.1. The van der Waals surface area contributed by atoms with Gasteiger partial charge in [-0.05, 0) is 60.5 Å². The molecule has 2 atom stereocenters. The maximum Gasteiger partial charge on any atom is 0.0450 e. The number of hydrogen-bond acceptors (Lipinski definition) is 1. The lowest BCUT2D eigenvalue weighted by Crippen LogP contribution is -2.16. The Balaban J connectivity index is 2.14.